The van der Waals surface area contributed by atoms with Crippen molar-refractivity contribution < 1.29 is 23.7 Å². The monoisotopic (exact) mass is 392 g/mol. The van der Waals surface area contributed by atoms with Crippen LogP contribution in [0.2, 0.25) is 0 Å². The Bertz CT molecular complexity index is 233. The SMILES string of the molecule is C.CC(C)CCCCOCCOCCOCCOCCOCCCC(C)C. The van der Waals surface area contributed by atoms with Crippen LogP contribution >= 0.6 is 0 Å². The molecule has 0 aliphatic carbocycles. The summed E-state index contributed by atoms with van der Waals surface area (Å²) in [5, 5.41) is 0. The molecule has 5 nitrogen and oxygen atoms in total. The Morgan fingerprint density at radius 1 is 0.407 bits per heavy atom. The van der Waals surface area contributed by atoms with E-state index in [-0.39, 0.29) is 7.43 Å². The van der Waals surface area contributed by atoms with Crippen LogP contribution in [0.1, 0.15) is 67.2 Å². The van der Waals surface area contributed by atoms with Gasteiger partial charge in [0.15, 0.2) is 0 Å². The summed E-state index contributed by atoms with van der Waals surface area (Å²) in [6, 6.07) is 0. The number of hydrogen-bond donors (Lipinski definition) is 0. The summed E-state index contributed by atoms with van der Waals surface area (Å²) in [5.74, 6) is 1.54. The van der Waals surface area contributed by atoms with Crippen LogP contribution in [0.25, 0.3) is 0 Å². The molecule has 0 aliphatic rings. The molecule has 0 heterocycles. The van der Waals surface area contributed by atoms with Crippen molar-refractivity contribution in [3.05, 3.63) is 0 Å². The van der Waals surface area contributed by atoms with Crippen molar-refractivity contribution in [2.24, 2.45) is 11.8 Å². The lowest BCUT2D eigenvalue weighted by molar-refractivity contribution is -0.0115. The van der Waals surface area contributed by atoms with E-state index in [0.717, 1.165) is 37.9 Å². The van der Waals surface area contributed by atoms with E-state index >= 15 is 0 Å². The summed E-state index contributed by atoms with van der Waals surface area (Å²) in [6.45, 7) is 15.7. The van der Waals surface area contributed by atoms with Crippen LogP contribution in [-0.4, -0.2) is 66.1 Å². The number of rotatable bonds is 21. The molecule has 0 aromatic heterocycles. The lowest BCUT2D eigenvalue weighted by atomic mass is 10.1. The van der Waals surface area contributed by atoms with Crippen molar-refractivity contribution in [2.75, 3.05) is 66.1 Å². The molecule has 5 heteroatoms. The highest BCUT2D eigenvalue weighted by atomic mass is 16.6. The molecular formula is C22H48O5. The molecule has 0 spiro atoms. The zero-order valence-electron chi connectivity index (χ0n) is 17.8. The smallest absolute Gasteiger partial charge is 0.0701 e. The summed E-state index contributed by atoms with van der Waals surface area (Å²) < 4.78 is 27.4. The molecule has 0 N–H and O–H groups in total. The predicted molar refractivity (Wildman–Crippen MR) is 114 cm³/mol. The maximum atomic E-state index is 5.54. The van der Waals surface area contributed by atoms with Gasteiger partial charge >= 0.3 is 0 Å². The van der Waals surface area contributed by atoms with E-state index in [0.29, 0.717) is 52.9 Å². The zero-order valence-corrected chi connectivity index (χ0v) is 17.8. The van der Waals surface area contributed by atoms with Gasteiger partial charge in [-0.05, 0) is 31.1 Å². The van der Waals surface area contributed by atoms with Crippen LogP contribution in [0.15, 0.2) is 0 Å². The highest BCUT2D eigenvalue weighted by Gasteiger charge is 1.96. The Hall–Kier alpha value is -0.200. The first-order valence-electron chi connectivity index (χ1n) is 10.5. The summed E-state index contributed by atoms with van der Waals surface area (Å²) in [4.78, 5) is 0. The lowest BCUT2D eigenvalue weighted by Gasteiger charge is -2.08. The average Bonchev–Trinajstić information content (AvgIpc) is 2.59. The molecule has 166 valence electrons. The Morgan fingerprint density at radius 2 is 0.704 bits per heavy atom. The van der Waals surface area contributed by atoms with Crippen LogP contribution < -0.4 is 0 Å². The van der Waals surface area contributed by atoms with Gasteiger partial charge in [0.25, 0.3) is 0 Å². The first-order chi connectivity index (χ1) is 12.6. The van der Waals surface area contributed by atoms with Gasteiger partial charge in [-0.2, -0.15) is 0 Å². The molecule has 0 aromatic carbocycles. The average molecular weight is 393 g/mol. The second-order valence-corrected chi connectivity index (χ2v) is 7.49. The molecule has 0 amide bonds. The summed E-state index contributed by atoms with van der Waals surface area (Å²) >= 11 is 0. The fourth-order valence-electron chi connectivity index (χ4n) is 2.33. The molecule has 0 aromatic rings. The second kappa shape index (κ2) is 23.8. The van der Waals surface area contributed by atoms with Crippen LogP contribution in [0, 0.1) is 11.8 Å². The molecular weight excluding hydrogens is 344 g/mol. The molecule has 27 heavy (non-hydrogen) atoms. The molecule has 0 aliphatic heterocycles. The minimum absolute atomic E-state index is 0. The summed E-state index contributed by atoms with van der Waals surface area (Å²) in [5.41, 5.74) is 0. The number of unbranched alkanes of at least 4 members (excludes halogenated alkanes) is 1. The Balaban J connectivity index is 0. The highest BCUT2D eigenvalue weighted by molar-refractivity contribution is 4.46. The molecule has 0 unspecified atom stereocenters. The van der Waals surface area contributed by atoms with Gasteiger partial charge in [0.05, 0.1) is 52.9 Å². The van der Waals surface area contributed by atoms with E-state index in [1.807, 2.05) is 0 Å². The fourth-order valence-corrected chi connectivity index (χ4v) is 2.33. The standard InChI is InChI=1S/C21H44O5.CH4/c1-20(2)8-5-6-10-22-12-14-24-16-18-26-19-17-25-15-13-23-11-7-9-21(3)4;/h20-21H,5-19H2,1-4H3;1H4. The van der Waals surface area contributed by atoms with Gasteiger partial charge in [-0.3, -0.25) is 0 Å². The summed E-state index contributed by atoms with van der Waals surface area (Å²) in [6.07, 6.45) is 6.03. The Kier molecular flexibility index (Phi) is 25.6. The van der Waals surface area contributed by atoms with Crippen LogP contribution in [0.3, 0.4) is 0 Å². The fraction of sp³-hybridized carbons (Fsp3) is 1.00. The van der Waals surface area contributed by atoms with Crippen molar-refractivity contribution in [1.29, 1.82) is 0 Å². The molecule has 0 fully saturated rings. The molecule has 0 bridgehead atoms. The predicted octanol–water partition coefficient (Wildman–Crippen LogP) is 4.97. The maximum absolute atomic E-state index is 5.54. The molecule has 0 rings (SSSR count). The van der Waals surface area contributed by atoms with Gasteiger partial charge in [0.1, 0.15) is 0 Å². The van der Waals surface area contributed by atoms with Gasteiger partial charge in [0, 0.05) is 13.2 Å². The minimum atomic E-state index is 0. The van der Waals surface area contributed by atoms with Crippen LogP contribution in [-0.2, 0) is 23.7 Å². The van der Waals surface area contributed by atoms with E-state index in [2.05, 4.69) is 27.7 Å². The van der Waals surface area contributed by atoms with Crippen LogP contribution in [0.5, 0.6) is 0 Å². The number of hydrogen-bond acceptors (Lipinski definition) is 5. The Labute approximate surface area is 169 Å². The topological polar surface area (TPSA) is 46.2 Å². The van der Waals surface area contributed by atoms with Crippen molar-refractivity contribution in [3.8, 4) is 0 Å². The van der Waals surface area contributed by atoms with Crippen molar-refractivity contribution in [3.63, 3.8) is 0 Å². The first-order valence-corrected chi connectivity index (χ1v) is 10.5. The van der Waals surface area contributed by atoms with Gasteiger partial charge in [-0.1, -0.05) is 48.0 Å². The first kappa shape index (κ1) is 29.0. The second-order valence-electron chi connectivity index (χ2n) is 7.49. The van der Waals surface area contributed by atoms with E-state index < -0.39 is 0 Å². The third kappa shape index (κ3) is 28.1. The maximum Gasteiger partial charge on any atom is 0.0701 e. The van der Waals surface area contributed by atoms with E-state index in [9.17, 15) is 0 Å². The lowest BCUT2D eigenvalue weighted by Crippen LogP contribution is -2.13. The van der Waals surface area contributed by atoms with Gasteiger partial charge < -0.3 is 23.7 Å². The zero-order chi connectivity index (χ0) is 19.3. The third-order valence-electron chi connectivity index (χ3n) is 3.88. The van der Waals surface area contributed by atoms with Crippen molar-refractivity contribution in [1.82, 2.24) is 0 Å². The highest BCUT2D eigenvalue weighted by Crippen LogP contribution is 2.05. The largest absolute Gasteiger partial charge is 0.379 e. The summed E-state index contributed by atoms with van der Waals surface area (Å²) in [7, 11) is 0. The normalized spacial score (nSPS) is 11.3. The van der Waals surface area contributed by atoms with Crippen molar-refractivity contribution >= 4 is 0 Å². The van der Waals surface area contributed by atoms with E-state index in [1.54, 1.807) is 0 Å². The molecule has 0 atom stereocenters. The van der Waals surface area contributed by atoms with E-state index in [1.165, 1.54) is 19.3 Å². The third-order valence-corrected chi connectivity index (χ3v) is 3.88. The quantitative estimate of drug-likeness (QED) is 0.258. The Morgan fingerprint density at radius 3 is 1.07 bits per heavy atom. The van der Waals surface area contributed by atoms with Crippen molar-refractivity contribution in [2.45, 2.75) is 67.2 Å². The number of ether oxygens (including phenoxy) is 5. The minimum Gasteiger partial charge on any atom is -0.379 e. The van der Waals surface area contributed by atoms with Crippen LogP contribution in [0.4, 0.5) is 0 Å². The van der Waals surface area contributed by atoms with Gasteiger partial charge in [-0.25, -0.2) is 0 Å². The molecule has 0 saturated carbocycles. The van der Waals surface area contributed by atoms with E-state index in [4.69, 9.17) is 23.7 Å². The van der Waals surface area contributed by atoms with Gasteiger partial charge in [-0.15, -0.1) is 0 Å². The molecule has 0 saturated heterocycles. The van der Waals surface area contributed by atoms with Gasteiger partial charge in [0.2, 0.25) is 0 Å². The molecule has 0 radical (unpaired) electrons.